The van der Waals surface area contributed by atoms with E-state index in [0.29, 0.717) is 35.4 Å². The summed E-state index contributed by atoms with van der Waals surface area (Å²) in [4.78, 5) is 42.8. The number of likely N-dealkylation sites (N-methyl/N-ethyl adjacent to an activating group) is 1. The molecule has 8 nitrogen and oxygen atoms in total. The molecule has 246 valence electrons. The quantitative estimate of drug-likeness (QED) is 0.434. The third-order valence-corrected chi connectivity index (χ3v) is 8.50. The molecule has 0 unspecified atom stereocenters. The summed E-state index contributed by atoms with van der Waals surface area (Å²) in [6, 6.07) is 4.59. The molecule has 2 saturated heterocycles. The van der Waals surface area contributed by atoms with Crippen LogP contribution in [0.15, 0.2) is 42.5 Å². The van der Waals surface area contributed by atoms with Crippen LogP contribution in [0.25, 0.3) is 0 Å². The molecule has 2 aromatic carbocycles. The van der Waals surface area contributed by atoms with Crippen molar-refractivity contribution in [1.82, 2.24) is 15.1 Å². The number of halogens is 7. The second-order valence-electron chi connectivity index (χ2n) is 11.5. The van der Waals surface area contributed by atoms with Crippen LogP contribution in [0.5, 0.6) is 0 Å². The molecule has 2 heterocycles. The Kier molecular flexibility index (Phi) is 9.71. The summed E-state index contributed by atoms with van der Waals surface area (Å²) in [7, 11) is 2.40. The Bertz CT molecular complexity index is 1380. The number of urea groups is 1. The van der Waals surface area contributed by atoms with Crippen molar-refractivity contribution in [1.29, 1.82) is 0 Å². The minimum Gasteiger partial charge on any atom is -0.381 e. The van der Waals surface area contributed by atoms with Crippen LogP contribution in [0.4, 0.5) is 41.2 Å². The zero-order chi connectivity index (χ0) is 33.3. The van der Waals surface area contributed by atoms with Crippen molar-refractivity contribution in [3.8, 4) is 0 Å². The average molecular weight is 647 g/mol. The summed E-state index contributed by atoms with van der Waals surface area (Å²) in [5.74, 6) is -1.72. The molecule has 4 amide bonds. The molecule has 45 heavy (non-hydrogen) atoms. The van der Waals surface area contributed by atoms with Crippen molar-refractivity contribution in [2.45, 2.75) is 44.1 Å². The molecule has 1 N–H and O–H groups in total. The number of nitrogens with one attached hydrogen (secondary N) is 1. The first-order valence-corrected chi connectivity index (χ1v) is 14.1. The van der Waals surface area contributed by atoms with Gasteiger partial charge in [-0.2, -0.15) is 26.3 Å². The van der Waals surface area contributed by atoms with Gasteiger partial charge in [-0.1, -0.05) is 12.1 Å². The number of anilines is 1. The molecule has 2 aromatic rings. The van der Waals surface area contributed by atoms with Gasteiger partial charge in [0.2, 0.25) is 11.8 Å². The van der Waals surface area contributed by atoms with Crippen LogP contribution in [0.1, 0.15) is 42.4 Å². The lowest BCUT2D eigenvalue weighted by Crippen LogP contribution is -2.53. The highest BCUT2D eigenvalue weighted by atomic mass is 19.4. The number of benzene rings is 2. The van der Waals surface area contributed by atoms with Gasteiger partial charge in [0.25, 0.3) is 0 Å². The Morgan fingerprint density at radius 2 is 1.49 bits per heavy atom. The lowest BCUT2D eigenvalue weighted by atomic mass is 9.78. The summed E-state index contributed by atoms with van der Waals surface area (Å²) in [6.45, 7) is 2.00. The standard InChI is InChI=1S/C30H33F7N4O4/c1-18(42)38-17-28(8-10-45-11-9-28)26(43)41-15-24(19-4-6-22(31)7-5-19)25(16-41)40(3)27(44)39(2)23-13-20(29(32,33)34)12-21(14-23)30(35,36)37/h4-7,12-14,24-25H,8-11,15-17H2,1-3H3,(H,38,42)/t24-,25+/m0/s1. The molecule has 0 radical (unpaired) electrons. The number of hydrogen-bond donors (Lipinski definition) is 1. The van der Waals surface area contributed by atoms with Crippen molar-refractivity contribution in [2.24, 2.45) is 5.41 Å². The number of nitrogens with zero attached hydrogens (tertiary/aromatic N) is 3. The minimum absolute atomic E-state index is 0.0242. The van der Waals surface area contributed by atoms with Gasteiger partial charge in [0.1, 0.15) is 5.82 Å². The lowest BCUT2D eigenvalue weighted by molar-refractivity contribution is -0.147. The normalized spacial score (nSPS) is 20.1. The molecule has 0 aromatic heterocycles. The topological polar surface area (TPSA) is 82.2 Å². The van der Waals surface area contributed by atoms with Crippen molar-refractivity contribution >= 4 is 23.5 Å². The van der Waals surface area contributed by atoms with Crippen LogP contribution in [0, 0.1) is 11.2 Å². The predicted octanol–water partition coefficient (Wildman–Crippen LogP) is 5.28. The third kappa shape index (κ3) is 7.51. The Morgan fingerprint density at radius 1 is 0.933 bits per heavy atom. The number of carbonyl (C=O) groups excluding carboxylic acids is 3. The first-order valence-electron chi connectivity index (χ1n) is 14.1. The van der Waals surface area contributed by atoms with E-state index in [-0.39, 0.29) is 50.7 Å². The van der Waals surface area contributed by atoms with Crippen molar-refractivity contribution in [3.63, 3.8) is 0 Å². The molecule has 0 saturated carbocycles. The van der Waals surface area contributed by atoms with E-state index in [4.69, 9.17) is 4.74 Å². The number of ether oxygens (including phenoxy) is 1. The number of hydrogen-bond acceptors (Lipinski definition) is 4. The van der Waals surface area contributed by atoms with Gasteiger partial charge in [-0.05, 0) is 48.7 Å². The van der Waals surface area contributed by atoms with E-state index in [1.165, 1.54) is 48.0 Å². The maximum Gasteiger partial charge on any atom is 0.416 e. The molecule has 15 heteroatoms. The summed E-state index contributed by atoms with van der Waals surface area (Å²) < 4.78 is 100. The van der Waals surface area contributed by atoms with E-state index < -0.39 is 58.4 Å². The van der Waals surface area contributed by atoms with E-state index in [1.54, 1.807) is 0 Å². The van der Waals surface area contributed by atoms with Gasteiger partial charge in [0.15, 0.2) is 0 Å². The fraction of sp³-hybridized carbons (Fsp3) is 0.500. The molecule has 2 aliphatic rings. The van der Waals surface area contributed by atoms with Gasteiger partial charge in [0.05, 0.1) is 22.6 Å². The average Bonchev–Trinajstić information content (AvgIpc) is 3.43. The van der Waals surface area contributed by atoms with E-state index >= 15 is 0 Å². The second kappa shape index (κ2) is 12.9. The van der Waals surface area contributed by atoms with Crippen molar-refractivity contribution in [2.75, 3.05) is 51.8 Å². The molecule has 0 spiro atoms. The highest BCUT2D eigenvalue weighted by Crippen LogP contribution is 2.40. The van der Waals surface area contributed by atoms with Crippen LogP contribution < -0.4 is 10.2 Å². The maximum absolute atomic E-state index is 14.1. The lowest BCUT2D eigenvalue weighted by Gasteiger charge is -2.39. The predicted molar refractivity (Wildman–Crippen MR) is 149 cm³/mol. The fourth-order valence-corrected chi connectivity index (χ4v) is 5.86. The van der Waals surface area contributed by atoms with E-state index in [9.17, 15) is 45.1 Å². The number of amides is 4. The molecule has 2 fully saturated rings. The van der Waals surface area contributed by atoms with E-state index in [1.807, 2.05) is 0 Å². The van der Waals surface area contributed by atoms with Gasteiger partial charge < -0.3 is 19.9 Å². The van der Waals surface area contributed by atoms with Gasteiger partial charge in [-0.3, -0.25) is 14.5 Å². The highest BCUT2D eigenvalue weighted by molar-refractivity contribution is 5.92. The summed E-state index contributed by atoms with van der Waals surface area (Å²) in [5.41, 5.74) is -4.19. The molecule has 0 aliphatic carbocycles. The molecular weight excluding hydrogens is 613 g/mol. The SMILES string of the molecule is CC(=O)NCC1(C(=O)N2C[C@@H](N(C)C(=O)N(C)c3cc(C(F)(F)F)cc(C(F)(F)F)c3)[C@H](c3ccc(F)cc3)C2)CCOCC1. The van der Waals surface area contributed by atoms with Crippen LogP contribution in [0.3, 0.4) is 0 Å². The first kappa shape index (κ1) is 34.0. The largest absolute Gasteiger partial charge is 0.416 e. The van der Waals surface area contributed by atoms with Crippen LogP contribution in [0.2, 0.25) is 0 Å². The smallest absolute Gasteiger partial charge is 0.381 e. The van der Waals surface area contributed by atoms with Crippen LogP contribution in [-0.4, -0.2) is 80.6 Å². The van der Waals surface area contributed by atoms with Crippen LogP contribution >= 0.6 is 0 Å². The zero-order valence-corrected chi connectivity index (χ0v) is 24.8. The second-order valence-corrected chi connectivity index (χ2v) is 11.5. The molecule has 0 bridgehead atoms. The molecular formula is C30H33F7N4O4. The number of alkyl halides is 6. The van der Waals surface area contributed by atoms with Gasteiger partial charge >= 0.3 is 18.4 Å². The van der Waals surface area contributed by atoms with E-state index in [2.05, 4.69) is 5.32 Å². The summed E-state index contributed by atoms with van der Waals surface area (Å²) >= 11 is 0. The van der Waals surface area contributed by atoms with Crippen molar-refractivity contribution in [3.05, 3.63) is 65.0 Å². The van der Waals surface area contributed by atoms with E-state index in [0.717, 1.165) is 7.05 Å². The molecule has 4 rings (SSSR count). The minimum atomic E-state index is -5.11. The van der Waals surface area contributed by atoms with Crippen LogP contribution in [-0.2, 0) is 26.7 Å². The summed E-state index contributed by atoms with van der Waals surface area (Å²) in [5, 5.41) is 2.71. The number of carbonyl (C=O) groups is 3. The molecule has 2 aliphatic heterocycles. The number of likely N-dealkylation sites (tertiary alicyclic amines) is 1. The summed E-state index contributed by atoms with van der Waals surface area (Å²) in [6.07, 6.45) is -9.57. The first-order chi connectivity index (χ1) is 20.9. The third-order valence-electron chi connectivity index (χ3n) is 8.50. The Labute approximate surface area is 255 Å². The van der Waals surface area contributed by atoms with Gasteiger partial charge in [-0.25, -0.2) is 9.18 Å². The molecule has 2 atom stereocenters. The van der Waals surface area contributed by atoms with Gasteiger partial charge in [-0.15, -0.1) is 0 Å². The maximum atomic E-state index is 14.1. The number of rotatable bonds is 6. The Morgan fingerprint density at radius 3 is 2.00 bits per heavy atom. The zero-order valence-electron chi connectivity index (χ0n) is 24.8. The Balaban J connectivity index is 1.67. The Hall–Kier alpha value is -3.88. The fourth-order valence-electron chi connectivity index (χ4n) is 5.86. The highest BCUT2D eigenvalue weighted by Gasteiger charge is 2.48. The van der Waals surface area contributed by atoms with Gasteiger partial charge in [0, 0.05) is 65.5 Å². The van der Waals surface area contributed by atoms with Crippen molar-refractivity contribution < 1.29 is 49.9 Å². The monoisotopic (exact) mass is 646 g/mol.